The van der Waals surface area contributed by atoms with Crippen LogP contribution in [0, 0.1) is 11.3 Å². The van der Waals surface area contributed by atoms with Gasteiger partial charge in [-0.1, -0.05) is 11.6 Å². The molecule has 2 aliphatic carbocycles. The molecule has 2 aromatic heterocycles. The molecule has 0 aliphatic heterocycles. The van der Waals surface area contributed by atoms with Crippen molar-refractivity contribution in [1.82, 2.24) is 14.3 Å². The van der Waals surface area contributed by atoms with Crippen LogP contribution < -0.4 is 4.72 Å². The van der Waals surface area contributed by atoms with Gasteiger partial charge in [0, 0.05) is 41.5 Å². The van der Waals surface area contributed by atoms with Gasteiger partial charge >= 0.3 is 0 Å². The number of hydrogen-bond acceptors (Lipinski definition) is 4. The zero-order valence-electron chi connectivity index (χ0n) is 16.9. The van der Waals surface area contributed by atoms with Gasteiger partial charge in [-0.05, 0) is 49.6 Å². The van der Waals surface area contributed by atoms with Gasteiger partial charge in [-0.15, -0.1) is 0 Å². The van der Waals surface area contributed by atoms with Crippen LogP contribution in [0.25, 0.3) is 22.3 Å². The van der Waals surface area contributed by atoms with Crippen molar-refractivity contribution in [1.29, 1.82) is 5.26 Å². The Labute approximate surface area is 188 Å². The van der Waals surface area contributed by atoms with E-state index in [1.54, 1.807) is 12.1 Å². The van der Waals surface area contributed by atoms with Crippen molar-refractivity contribution in [2.45, 2.75) is 55.0 Å². The maximum atomic E-state index is 13.0. The van der Waals surface area contributed by atoms with Gasteiger partial charge in [0.25, 0.3) is 5.92 Å². The Hall–Kier alpha value is -2.54. The molecule has 0 spiro atoms. The van der Waals surface area contributed by atoms with Crippen molar-refractivity contribution in [3.8, 4) is 17.5 Å². The first kappa shape index (κ1) is 21.3. The number of nitrogens with one attached hydrogen (secondary N) is 1. The maximum Gasteiger partial charge on any atom is 0.251 e. The van der Waals surface area contributed by atoms with Gasteiger partial charge in [0.2, 0.25) is 10.0 Å². The van der Waals surface area contributed by atoms with Gasteiger partial charge in [0.15, 0.2) is 0 Å². The maximum absolute atomic E-state index is 13.0. The largest absolute Gasteiger partial charge is 0.335 e. The second kappa shape index (κ2) is 7.51. The molecule has 2 aliphatic rings. The minimum Gasteiger partial charge on any atom is -0.335 e. The molecule has 6 nitrogen and oxygen atoms in total. The minimum absolute atomic E-state index is 0.107. The normalized spacial score (nSPS) is 18.8. The number of sulfonamides is 1. The Balaban J connectivity index is 1.54. The molecule has 32 heavy (non-hydrogen) atoms. The van der Waals surface area contributed by atoms with Gasteiger partial charge in [0.05, 0.1) is 22.5 Å². The van der Waals surface area contributed by atoms with Gasteiger partial charge in [-0.2, -0.15) is 5.26 Å². The summed E-state index contributed by atoms with van der Waals surface area (Å²) in [5, 5.41) is 11.2. The van der Waals surface area contributed by atoms with Crippen LogP contribution in [-0.2, 0) is 10.0 Å². The van der Waals surface area contributed by atoms with E-state index in [1.165, 1.54) is 12.3 Å². The Morgan fingerprint density at radius 3 is 2.53 bits per heavy atom. The van der Waals surface area contributed by atoms with Crippen LogP contribution in [0.1, 0.15) is 43.7 Å². The molecule has 166 valence electrons. The molecule has 0 unspecified atom stereocenters. The van der Waals surface area contributed by atoms with E-state index in [4.69, 9.17) is 11.6 Å². The third kappa shape index (κ3) is 3.56. The number of nitriles is 1. The van der Waals surface area contributed by atoms with Crippen LogP contribution in [0.5, 0.6) is 0 Å². The highest BCUT2D eigenvalue weighted by Crippen LogP contribution is 2.43. The number of aromatic nitrogens is 2. The zero-order chi connectivity index (χ0) is 22.7. The summed E-state index contributed by atoms with van der Waals surface area (Å²) < 4.78 is 55.6. The van der Waals surface area contributed by atoms with E-state index in [2.05, 4.69) is 20.3 Å². The Morgan fingerprint density at radius 2 is 1.97 bits per heavy atom. The minimum atomic E-state index is -3.97. The standard InChI is InChI=1S/C22H19ClF2N4O2S/c23-13-4-6-17-18(11-26)21(29(20(17)8-13)15-2-1-3-15)19-7-5-16(12-27-19)32(30,31)28-14-9-22(24,25)10-14/h4-8,12,14-15,28H,1-3,9-10H2. The van der Waals surface area contributed by atoms with E-state index < -0.39 is 34.8 Å². The second-order valence-corrected chi connectivity index (χ2v) is 10.6. The lowest BCUT2D eigenvalue weighted by Gasteiger charge is -2.34. The van der Waals surface area contributed by atoms with Crippen LogP contribution in [0.4, 0.5) is 8.78 Å². The fraction of sp³-hybridized carbons (Fsp3) is 0.364. The van der Waals surface area contributed by atoms with Crippen molar-refractivity contribution < 1.29 is 17.2 Å². The Kier molecular flexibility index (Phi) is 5.00. The van der Waals surface area contributed by atoms with E-state index in [9.17, 15) is 22.5 Å². The summed E-state index contributed by atoms with van der Waals surface area (Å²) in [7, 11) is -3.97. The summed E-state index contributed by atoms with van der Waals surface area (Å²) in [6.07, 6.45) is 3.21. The number of halogens is 3. The molecule has 1 N–H and O–H groups in total. The van der Waals surface area contributed by atoms with Gasteiger partial charge < -0.3 is 4.57 Å². The molecule has 3 aromatic rings. The SMILES string of the molecule is N#Cc1c(-c2ccc(S(=O)(=O)NC3CC(F)(F)C3)cn2)n(C2CCC2)c2cc(Cl)ccc12. The quantitative estimate of drug-likeness (QED) is 0.559. The van der Waals surface area contributed by atoms with E-state index in [0.29, 0.717) is 22.0 Å². The number of nitrogens with zero attached hydrogens (tertiary/aromatic N) is 3. The first-order valence-corrected chi connectivity index (χ1v) is 12.1. The lowest BCUT2D eigenvalue weighted by atomic mass is 9.89. The molecule has 2 heterocycles. The van der Waals surface area contributed by atoms with Crippen LogP contribution >= 0.6 is 11.6 Å². The van der Waals surface area contributed by atoms with Crippen molar-refractivity contribution >= 4 is 32.5 Å². The van der Waals surface area contributed by atoms with Crippen molar-refractivity contribution in [3.63, 3.8) is 0 Å². The number of alkyl halides is 2. The number of benzene rings is 1. The molecule has 0 amide bonds. The molecule has 10 heteroatoms. The summed E-state index contributed by atoms with van der Waals surface area (Å²) in [5.41, 5.74) is 2.40. The molecule has 2 saturated carbocycles. The lowest BCUT2D eigenvalue weighted by molar-refractivity contribution is -0.0876. The molecule has 0 radical (unpaired) electrons. The van der Waals surface area contributed by atoms with Crippen LogP contribution in [0.3, 0.4) is 0 Å². The number of rotatable bonds is 5. The van der Waals surface area contributed by atoms with Crippen LogP contribution in [0.15, 0.2) is 41.4 Å². The van der Waals surface area contributed by atoms with Gasteiger partial charge in [0.1, 0.15) is 11.0 Å². The lowest BCUT2D eigenvalue weighted by Crippen LogP contribution is -2.50. The third-order valence-corrected chi connectivity index (χ3v) is 7.96. The monoisotopic (exact) mass is 476 g/mol. The number of pyridine rings is 1. The topological polar surface area (TPSA) is 87.8 Å². The fourth-order valence-electron chi connectivity index (χ4n) is 4.38. The summed E-state index contributed by atoms with van der Waals surface area (Å²) >= 11 is 6.22. The summed E-state index contributed by atoms with van der Waals surface area (Å²) in [6, 6.07) is 10.0. The molecule has 0 atom stereocenters. The highest BCUT2D eigenvalue weighted by molar-refractivity contribution is 7.89. The Bertz CT molecular complexity index is 1350. The van der Waals surface area contributed by atoms with E-state index in [-0.39, 0.29) is 10.9 Å². The predicted molar refractivity (Wildman–Crippen MR) is 116 cm³/mol. The summed E-state index contributed by atoms with van der Waals surface area (Å²) in [5.74, 6) is -2.82. The number of hydrogen-bond donors (Lipinski definition) is 1. The first-order valence-electron chi connectivity index (χ1n) is 10.3. The third-order valence-electron chi connectivity index (χ3n) is 6.22. The fourth-order valence-corrected chi connectivity index (χ4v) is 5.73. The first-order chi connectivity index (χ1) is 15.2. The number of fused-ring (bicyclic) bond motifs is 1. The average Bonchev–Trinajstić information content (AvgIpc) is 2.98. The van der Waals surface area contributed by atoms with Crippen molar-refractivity contribution in [2.75, 3.05) is 0 Å². The summed E-state index contributed by atoms with van der Waals surface area (Å²) in [4.78, 5) is 4.24. The Morgan fingerprint density at radius 1 is 1.22 bits per heavy atom. The smallest absolute Gasteiger partial charge is 0.251 e. The molecule has 0 bridgehead atoms. The van der Waals surface area contributed by atoms with Crippen molar-refractivity contribution in [3.05, 3.63) is 47.1 Å². The van der Waals surface area contributed by atoms with Crippen LogP contribution in [0.2, 0.25) is 5.02 Å². The molecule has 0 saturated heterocycles. The molecule has 1 aromatic carbocycles. The van der Waals surface area contributed by atoms with Crippen LogP contribution in [-0.4, -0.2) is 29.9 Å². The van der Waals surface area contributed by atoms with Crippen molar-refractivity contribution in [2.24, 2.45) is 0 Å². The van der Waals surface area contributed by atoms with E-state index in [1.807, 2.05) is 12.1 Å². The second-order valence-electron chi connectivity index (χ2n) is 8.41. The molecule has 2 fully saturated rings. The van der Waals surface area contributed by atoms with Gasteiger partial charge in [-0.3, -0.25) is 4.98 Å². The molecule has 5 rings (SSSR count). The highest BCUT2D eigenvalue weighted by atomic mass is 35.5. The van der Waals surface area contributed by atoms with E-state index >= 15 is 0 Å². The molecular weight excluding hydrogens is 458 g/mol. The molecular formula is C22H19ClF2N4O2S. The highest BCUT2D eigenvalue weighted by Gasteiger charge is 2.46. The van der Waals surface area contributed by atoms with Gasteiger partial charge in [-0.25, -0.2) is 21.9 Å². The summed E-state index contributed by atoms with van der Waals surface area (Å²) in [6.45, 7) is 0. The zero-order valence-corrected chi connectivity index (χ0v) is 18.4. The predicted octanol–water partition coefficient (Wildman–Crippen LogP) is 5.03. The average molecular weight is 477 g/mol. The van der Waals surface area contributed by atoms with E-state index in [0.717, 1.165) is 30.2 Å².